The molecule has 0 unspecified atom stereocenters. The van der Waals surface area contributed by atoms with Crippen LogP contribution in [-0.4, -0.2) is 87.3 Å². The Balaban J connectivity index is 1.59. The molecule has 0 bridgehead atoms. The van der Waals surface area contributed by atoms with Gasteiger partial charge in [0.25, 0.3) is 10.0 Å². The smallest absolute Gasteiger partial charge is 0.317 e. The molecule has 11 nitrogen and oxygen atoms in total. The number of likely N-dealkylation sites (N-methyl/N-ethyl adjacent to an activating group) is 1. The summed E-state index contributed by atoms with van der Waals surface area (Å²) < 4.78 is 40.4. The fraction of sp³-hybridized carbons (Fsp3) is 0.548. The minimum Gasteiger partial charge on any atom is -0.497 e. The molecule has 3 amide bonds. The molecule has 1 fully saturated rings. The van der Waals surface area contributed by atoms with Gasteiger partial charge in [-0.15, -0.1) is 0 Å². The maximum absolute atomic E-state index is 13.5. The molecule has 12 heteroatoms. The maximum atomic E-state index is 13.5. The average Bonchev–Trinajstić information content (AvgIpc) is 3.04. The Morgan fingerprint density at radius 2 is 1.86 bits per heavy atom. The average molecular weight is 617 g/mol. The zero-order valence-corrected chi connectivity index (χ0v) is 26.2. The molecule has 1 heterocycles. The second kappa shape index (κ2) is 14.3. The lowest BCUT2D eigenvalue weighted by Crippen LogP contribution is -2.50. The van der Waals surface area contributed by atoms with Crippen molar-refractivity contribution in [2.24, 2.45) is 5.92 Å². The molecule has 43 heavy (non-hydrogen) atoms. The van der Waals surface area contributed by atoms with Crippen molar-refractivity contribution in [3.8, 4) is 11.5 Å². The number of nitrogens with zero attached hydrogens (tertiary/aromatic N) is 2. The molecule has 4 rings (SSSR count). The first-order valence-electron chi connectivity index (χ1n) is 14.9. The number of anilines is 1. The highest BCUT2D eigenvalue weighted by Gasteiger charge is 2.32. The zero-order chi connectivity index (χ0) is 31.1. The fourth-order valence-corrected chi connectivity index (χ4v) is 6.61. The fourth-order valence-electron chi connectivity index (χ4n) is 5.56. The quantitative estimate of drug-likeness (QED) is 0.391. The van der Waals surface area contributed by atoms with Gasteiger partial charge in [0.2, 0.25) is 5.91 Å². The highest BCUT2D eigenvalue weighted by molar-refractivity contribution is 7.92. The molecule has 2 aliphatic rings. The summed E-state index contributed by atoms with van der Waals surface area (Å²) in [6.45, 7) is 4.14. The predicted octanol–water partition coefficient (Wildman–Crippen LogP) is 3.62. The molecule has 3 N–H and O–H groups in total. The topological polar surface area (TPSA) is 138 Å². The van der Waals surface area contributed by atoms with Crippen LogP contribution in [0, 0.1) is 5.92 Å². The van der Waals surface area contributed by atoms with Gasteiger partial charge in [0.15, 0.2) is 0 Å². The summed E-state index contributed by atoms with van der Waals surface area (Å²) in [7, 11) is -0.676. The SMILES string of the molecule is COc1ccc(S(=O)(=O)Nc2ccc3c(c2)CC(=O)N([C@H](C)CO)C[C@H](C)[C@@H](CN(C)C(=O)NC2CCCCC2)O3)cc1. The Hall–Kier alpha value is -3.51. The number of fused-ring (bicyclic) bond motifs is 1. The number of aliphatic hydroxyl groups excluding tert-OH is 1. The molecule has 1 aliphatic heterocycles. The van der Waals surface area contributed by atoms with Gasteiger partial charge in [0, 0.05) is 36.8 Å². The predicted molar refractivity (Wildman–Crippen MR) is 164 cm³/mol. The monoisotopic (exact) mass is 616 g/mol. The molecular weight excluding hydrogens is 572 g/mol. The highest BCUT2D eigenvalue weighted by atomic mass is 32.2. The number of ether oxygens (including phenoxy) is 2. The highest BCUT2D eigenvalue weighted by Crippen LogP contribution is 2.30. The number of hydrogen-bond donors (Lipinski definition) is 3. The number of benzene rings is 2. The Labute approximate surface area is 254 Å². The number of urea groups is 1. The zero-order valence-electron chi connectivity index (χ0n) is 25.4. The Morgan fingerprint density at radius 1 is 1.16 bits per heavy atom. The van der Waals surface area contributed by atoms with Crippen molar-refractivity contribution >= 4 is 27.6 Å². The minimum absolute atomic E-state index is 0.0464. The normalized spacial score (nSPS) is 20.5. The summed E-state index contributed by atoms with van der Waals surface area (Å²) in [6.07, 6.45) is 4.85. The van der Waals surface area contributed by atoms with Crippen LogP contribution < -0.4 is 19.5 Å². The number of sulfonamides is 1. The third-order valence-electron chi connectivity index (χ3n) is 8.27. The molecular formula is C31H44N4O7S. The van der Waals surface area contributed by atoms with E-state index in [0.29, 0.717) is 23.6 Å². The lowest BCUT2D eigenvalue weighted by atomic mass is 9.96. The summed E-state index contributed by atoms with van der Waals surface area (Å²) in [5.41, 5.74) is 0.782. The summed E-state index contributed by atoms with van der Waals surface area (Å²) in [5.74, 6) is 0.589. The third-order valence-corrected chi connectivity index (χ3v) is 9.67. The van der Waals surface area contributed by atoms with Crippen LogP contribution in [0.5, 0.6) is 11.5 Å². The molecule has 236 valence electrons. The van der Waals surface area contributed by atoms with E-state index in [1.165, 1.54) is 25.7 Å². The molecule has 0 spiro atoms. The van der Waals surface area contributed by atoms with E-state index >= 15 is 0 Å². The molecule has 2 aromatic rings. The molecule has 0 saturated heterocycles. The van der Waals surface area contributed by atoms with Crippen LogP contribution in [0.4, 0.5) is 10.5 Å². The van der Waals surface area contributed by atoms with Gasteiger partial charge in [-0.3, -0.25) is 9.52 Å². The minimum atomic E-state index is -3.91. The third kappa shape index (κ3) is 8.32. The number of carbonyl (C=O) groups is 2. The van der Waals surface area contributed by atoms with Crippen LogP contribution in [0.15, 0.2) is 47.4 Å². The van der Waals surface area contributed by atoms with Crippen molar-refractivity contribution in [1.82, 2.24) is 15.1 Å². The maximum Gasteiger partial charge on any atom is 0.317 e. The Kier molecular flexibility index (Phi) is 10.8. The van der Waals surface area contributed by atoms with Crippen LogP contribution in [0.1, 0.15) is 51.5 Å². The standard InChI is InChI=1S/C31H44N4O7S/c1-21-18-35(22(2)20-36)30(37)17-23-16-25(33-43(39,40)27-13-11-26(41-4)12-14-27)10-15-28(23)42-29(21)19-34(3)31(38)32-24-8-6-5-7-9-24/h10-16,21-22,24,29,33,36H,5-9,17-20H2,1-4H3,(H,32,38)/t21-,22+,29+/m0/s1. The molecule has 0 radical (unpaired) electrons. The van der Waals surface area contributed by atoms with Crippen LogP contribution >= 0.6 is 0 Å². The molecule has 2 aromatic carbocycles. The van der Waals surface area contributed by atoms with Gasteiger partial charge >= 0.3 is 6.03 Å². The van der Waals surface area contributed by atoms with E-state index in [1.54, 1.807) is 54.1 Å². The largest absolute Gasteiger partial charge is 0.497 e. The number of methoxy groups -OCH3 is 1. The van der Waals surface area contributed by atoms with Crippen molar-refractivity contribution in [1.29, 1.82) is 0 Å². The van der Waals surface area contributed by atoms with E-state index in [0.717, 1.165) is 25.7 Å². The Morgan fingerprint density at radius 3 is 2.51 bits per heavy atom. The number of nitrogens with one attached hydrogen (secondary N) is 2. The first-order valence-corrected chi connectivity index (χ1v) is 16.4. The molecule has 1 saturated carbocycles. The van der Waals surface area contributed by atoms with Crippen LogP contribution in [-0.2, 0) is 21.2 Å². The summed E-state index contributed by atoms with van der Waals surface area (Å²) in [6, 6.07) is 10.5. The summed E-state index contributed by atoms with van der Waals surface area (Å²) >= 11 is 0. The number of hydrogen-bond acceptors (Lipinski definition) is 7. The van der Waals surface area contributed by atoms with Crippen molar-refractivity contribution < 1.29 is 32.6 Å². The van der Waals surface area contributed by atoms with Gasteiger partial charge in [-0.05, 0) is 62.2 Å². The van der Waals surface area contributed by atoms with E-state index in [9.17, 15) is 23.1 Å². The van der Waals surface area contributed by atoms with Crippen molar-refractivity contribution in [2.75, 3.05) is 38.6 Å². The first kappa shape index (κ1) is 32.4. The number of aliphatic hydroxyl groups is 1. The van der Waals surface area contributed by atoms with Gasteiger partial charge in [-0.2, -0.15) is 0 Å². The second-order valence-electron chi connectivity index (χ2n) is 11.7. The van der Waals surface area contributed by atoms with E-state index < -0.39 is 22.2 Å². The van der Waals surface area contributed by atoms with Gasteiger partial charge in [0.1, 0.15) is 17.6 Å². The van der Waals surface area contributed by atoms with Gasteiger partial charge in [0.05, 0.1) is 37.6 Å². The van der Waals surface area contributed by atoms with Crippen LogP contribution in [0.3, 0.4) is 0 Å². The van der Waals surface area contributed by atoms with Gasteiger partial charge in [-0.1, -0.05) is 26.2 Å². The van der Waals surface area contributed by atoms with Crippen molar-refractivity contribution in [3.63, 3.8) is 0 Å². The first-order chi connectivity index (χ1) is 20.5. The van der Waals surface area contributed by atoms with Crippen LogP contribution in [0.2, 0.25) is 0 Å². The van der Waals surface area contributed by atoms with Crippen molar-refractivity contribution in [2.45, 2.75) is 75.5 Å². The molecule has 3 atom stereocenters. The Bertz CT molecular complexity index is 1360. The lowest BCUT2D eigenvalue weighted by molar-refractivity contribution is -0.134. The van der Waals surface area contributed by atoms with Crippen LogP contribution in [0.25, 0.3) is 0 Å². The second-order valence-corrected chi connectivity index (χ2v) is 13.3. The van der Waals surface area contributed by atoms with E-state index in [4.69, 9.17) is 9.47 Å². The van der Waals surface area contributed by atoms with Gasteiger partial charge < -0.3 is 29.7 Å². The summed E-state index contributed by atoms with van der Waals surface area (Å²) in [5, 5.41) is 13.0. The van der Waals surface area contributed by atoms with E-state index in [-0.39, 0.29) is 54.1 Å². The van der Waals surface area contributed by atoms with E-state index in [2.05, 4.69) is 10.0 Å². The molecule has 0 aromatic heterocycles. The number of carbonyl (C=O) groups excluding carboxylic acids is 2. The lowest BCUT2D eigenvalue weighted by Gasteiger charge is -2.34. The van der Waals surface area contributed by atoms with Crippen molar-refractivity contribution in [3.05, 3.63) is 48.0 Å². The van der Waals surface area contributed by atoms with E-state index in [1.807, 2.05) is 6.92 Å². The molecule has 1 aliphatic carbocycles. The summed E-state index contributed by atoms with van der Waals surface area (Å²) in [4.78, 5) is 29.9. The number of amides is 3. The van der Waals surface area contributed by atoms with Gasteiger partial charge in [-0.25, -0.2) is 13.2 Å². The number of rotatable bonds is 9.